The van der Waals surface area contributed by atoms with Crippen LogP contribution in [0.15, 0.2) is 47.7 Å². The quantitative estimate of drug-likeness (QED) is 0.734. The van der Waals surface area contributed by atoms with E-state index in [1.807, 2.05) is 24.3 Å². The van der Waals surface area contributed by atoms with E-state index in [2.05, 4.69) is 20.3 Å². The van der Waals surface area contributed by atoms with E-state index >= 15 is 0 Å². The minimum Gasteiger partial charge on any atom is -0.324 e. The molecular formula is C13H11N5O2. The Morgan fingerprint density at radius 3 is 2.95 bits per heavy atom. The highest BCUT2D eigenvalue weighted by Gasteiger charge is 2.08. The van der Waals surface area contributed by atoms with E-state index in [-0.39, 0.29) is 18.0 Å². The molecule has 7 heteroatoms. The average Bonchev–Trinajstić information content (AvgIpc) is 2.83. The van der Waals surface area contributed by atoms with Crippen LogP contribution in [-0.2, 0) is 11.3 Å². The van der Waals surface area contributed by atoms with Gasteiger partial charge in [-0.1, -0.05) is 12.1 Å². The number of para-hydroxylation sites is 2. The molecule has 20 heavy (non-hydrogen) atoms. The summed E-state index contributed by atoms with van der Waals surface area (Å²) in [7, 11) is 0. The first kappa shape index (κ1) is 12.1. The summed E-state index contributed by atoms with van der Waals surface area (Å²) in [6.45, 7) is -0.107. The molecule has 2 aromatic heterocycles. The van der Waals surface area contributed by atoms with Gasteiger partial charge in [-0.3, -0.25) is 19.5 Å². The molecule has 0 aliphatic rings. The third kappa shape index (κ3) is 2.41. The lowest BCUT2D eigenvalue weighted by Gasteiger charge is -2.03. The van der Waals surface area contributed by atoms with Crippen molar-refractivity contribution < 1.29 is 4.79 Å². The van der Waals surface area contributed by atoms with Gasteiger partial charge in [0.2, 0.25) is 11.9 Å². The molecule has 1 amide bonds. The normalized spacial score (nSPS) is 10.6. The van der Waals surface area contributed by atoms with Gasteiger partial charge >= 0.3 is 0 Å². The number of nitrogens with zero attached hydrogens (tertiary/aromatic N) is 3. The number of aromatic amines is 1. The molecule has 1 aromatic carbocycles. The number of carbonyl (C=O) groups is 1. The Morgan fingerprint density at radius 2 is 2.15 bits per heavy atom. The van der Waals surface area contributed by atoms with Gasteiger partial charge in [-0.2, -0.15) is 0 Å². The molecule has 3 aromatic rings. The lowest BCUT2D eigenvalue weighted by atomic mass is 10.3. The van der Waals surface area contributed by atoms with E-state index in [1.165, 1.54) is 23.2 Å². The van der Waals surface area contributed by atoms with Crippen molar-refractivity contribution >= 4 is 22.9 Å². The topological polar surface area (TPSA) is 92.7 Å². The largest absolute Gasteiger partial charge is 0.324 e. The summed E-state index contributed by atoms with van der Waals surface area (Å²) in [4.78, 5) is 34.3. The summed E-state index contributed by atoms with van der Waals surface area (Å²) in [5.74, 6) is 0.00676. The molecule has 0 unspecified atom stereocenters. The number of hydrogen-bond donors (Lipinski definition) is 2. The molecule has 0 atom stereocenters. The van der Waals surface area contributed by atoms with Crippen LogP contribution < -0.4 is 10.9 Å². The Hall–Kier alpha value is -2.96. The Kier molecular flexibility index (Phi) is 3.00. The van der Waals surface area contributed by atoms with Crippen LogP contribution in [-0.4, -0.2) is 25.4 Å². The van der Waals surface area contributed by atoms with Gasteiger partial charge < -0.3 is 4.98 Å². The first-order chi connectivity index (χ1) is 9.72. The number of aromatic nitrogens is 4. The van der Waals surface area contributed by atoms with Crippen molar-refractivity contribution in [2.24, 2.45) is 0 Å². The fourth-order valence-corrected chi connectivity index (χ4v) is 1.84. The van der Waals surface area contributed by atoms with Crippen LogP contribution in [0.1, 0.15) is 0 Å². The number of benzene rings is 1. The number of anilines is 1. The molecule has 0 saturated heterocycles. The zero-order valence-electron chi connectivity index (χ0n) is 10.4. The lowest BCUT2D eigenvalue weighted by Crippen LogP contribution is -2.27. The summed E-state index contributed by atoms with van der Waals surface area (Å²) in [5, 5.41) is 2.61. The van der Waals surface area contributed by atoms with Gasteiger partial charge in [-0.05, 0) is 12.1 Å². The Bertz CT molecular complexity index is 787. The van der Waals surface area contributed by atoms with Gasteiger partial charge in [-0.15, -0.1) is 0 Å². The third-order valence-electron chi connectivity index (χ3n) is 2.75. The molecule has 0 fully saturated rings. The van der Waals surface area contributed by atoms with E-state index in [9.17, 15) is 9.59 Å². The van der Waals surface area contributed by atoms with E-state index < -0.39 is 0 Å². The standard InChI is InChI=1S/C13H11N5O2/c19-11(7-18-8-14-6-5-12(18)20)17-13-15-9-3-1-2-4-10(9)16-13/h1-6,8H,7H2,(H2,15,16,17,19). The Morgan fingerprint density at radius 1 is 1.30 bits per heavy atom. The number of carbonyl (C=O) groups excluding carboxylic acids is 1. The zero-order chi connectivity index (χ0) is 13.9. The predicted molar refractivity (Wildman–Crippen MR) is 73.2 cm³/mol. The maximum atomic E-state index is 11.9. The second-order valence-corrected chi connectivity index (χ2v) is 4.20. The number of amides is 1. The number of rotatable bonds is 3. The highest BCUT2D eigenvalue weighted by atomic mass is 16.2. The SMILES string of the molecule is O=C(Cn1cnccc1=O)Nc1nc2ccccc2[nH]1. The smallest absolute Gasteiger partial charge is 0.253 e. The molecule has 2 heterocycles. The minimum absolute atomic E-state index is 0.107. The number of nitrogens with one attached hydrogen (secondary N) is 2. The van der Waals surface area contributed by atoms with Gasteiger partial charge in [0.1, 0.15) is 6.54 Å². The van der Waals surface area contributed by atoms with E-state index in [4.69, 9.17) is 0 Å². The lowest BCUT2D eigenvalue weighted by molar-refractivity contribution is -0.116. The average molecular weight is 269 g/mol. The van der Waals surface area contributed by atoms with Crippen LogP contribution in [0, 0.1) is 0 Å². The molecule has 7 nitrogen and oxygen atoms in total. The van der Waals surface area contributed by atoms with Gasteiger partial charge in [0, 0.05) is 12.3 Å². The van der Waals surface area contributed by atoms with Crippen LogP contribution >= 0.6 is 0 Å². The monoisotopic (exact) mass is 269 g/mol. The molecule has 100 valence electrons. The van der Waals surface area contributed by atoms with Crippen LogP contribution in [0.2, 0.25) is 0 Å². The molecule has 0 radical (unpaired) electrons. The van der Waals surface area contributed by atoms with Crippen molar-refractivity contribution in [1.82, 2.24) is 19.5 Å². The van der Waals surface area contributed by atoms with Crippen molar-refractivity contribution in [2.45, 2.75) is 6.54 Å². The van der Waals surface area contributed by atoms with Gasteiger partial charge in [-0.25, -0.2) is 9.97 Å². The van der Waals surface area contributed by atoms with E-state index in [0.717, 1.165) is 11.0 Å². The maximum Gasteiger partial charge on any atom is 0.253 e. The van der Waals surface area contributed by atoms with E-state index in [1.54, 1.807) is 0 Å². The molecule has 0 saturated carbocycles. The second kappa shape index (κ2) is 4.96. The predicted octanol–water partition coefficient (Wildman–Crippen LogP) is 0.758. The fraction of sp³-hybridized carbons (Fsp3) is 0.0769. The van der Waals surface area contributed by atoms with Gasteiger partial charge in [0.25, 0.3) is 5.56 Å². The van der Waals surface area contributed by atoms with Crippen molar-refractivity contribution in [1.29, 1.82) is 0 Å². The summed E-state index contributed by atoms with van der Waals surface area (Å²) in [6, 6.07) is 8.75. The third-order valence-corrected chi connectivity index (χ3v) is 2.75. The van der Waals surface area contributed by atoms with Gasteiger partial charge in [0.05, 0.1) is 17.4 Å². The second-order valence-electron chi connectivity index (χ2n) is 4.20. The number of fused-ring (bicyclic) bond motifs is 1. The van der Waals surface area contributed by atoms with Crippen molar-refractivity contribution in [2.75, 3.05) is 5.32 Å². The van der Waals surface area contributed by atoms with E-state index in [0.29, 0.717) is 5.95 Å². The molecule has 0 bridgehead atoms. The minimum atomic E-state index is -0.348. The Balaban J connectivity index is 1.76. The first-order valence-corrected chi connectivity index (χ1v) is 5.97. The van der Waals surface area contributed by atoms with Crippen LogP contribution in [0.4, 0.5) is 5.95 Å². The fourth-order valence-electron chi connectivity index (χ4n) is 1.84. The van der Waals surface area contributed by atoms with Crippen LogP contribution in [0.3, 0.4) is 0 Å². The summed E-state index contributed by atoms with van der Waals surface area (Å²) < 4.78 is 1.22. The summed E-state index contributed by atoms with van der Waals surface area (Å²) in [5.41, 5.74) is 1.32. The Labute approximate surface area is 113 Å². The van der Waals surface area contributed by atoms with Crippen LogP contribution in [0.25, 0.3) is 11.0 Å². The number of hydrogen-bond acceptors (Lipinski definition) is 4. The van der Waals surface area contributed by atoms with Gasteiger partial charge in [0.15, 0.2) is 0 Å². The number of H-pyrrole nitrogens is 1. The molecule has 0 spiro atoms. The zero-order valence-corrected chi connectivity index (χ0v) is 10.4. The molecule has 0 aliphatic carbocycles. The summed E-state index contributed by atoms with van der Waals surface area (Å²) >= 11 is 0. The molecule has 2 N–H and O–H groups in total. The van der Waals surface area contributed by atoms with Crippen molar-refractivity contribution in [3.05, 3.63) is 53.2 Å². The maximum absolute atomic E-state index is 11.9. The first-order valence-electron chi connectivity index (χ1n) is 5.97. The molecule has 3 rings (SSSR count). The summed E-state index contributed by atoms with van der Waals surface area (Å²) in [6.07, 6.45) is 2.70. The van der Waals surface area contributed by atoms with Crippen molar-refractivity contribution in [3.8, 4) is 0 Å². The highest BCUT2D eigenvalue weighted by Crippen LogP contribution is 2.12. The molecular weight excluding hydrogens is 258 g/mol. The number of imidazole rings is 1. The molecule has 0 aliphatic heterocycles. The van der Waals surface area contributed by atoms with Crippen molar-refractivity contribution in [3.63, 3.8) is 0 Å². The highest BCUT2D eigenvalue weighted by molar-refractivity contribution is 5.90. The van der Waals surface area contributed by atoms with Crippen LogP contribution in [0.5, 0.6) is 0 Å².